The van der Waals surface area contributed by atoms with Gasteiger partial charge in [-0.3, -0.25) is 4.79 Å². The van der Waals surface area contributed by atoms with Gasteiger partial charge >= 0.3 is 5.97 Å². The molecule has 1 aliphatic heterocycles. The number of carbonyl (C=O) groups excluding carboxylic acids is 2. The summed E-state index contributed by atoms with van der Waals surface area (Å²) < 4.78 is 17.7. The molecule has 5 nitrogen and oxygen atoms in total. The molecule has 2 rings (SSSR count). The molecule has 0 spiro atoms. The molecule has 3 atom stereocenters. The van der Waals surface area contributed by atoms with Gasteiger partial charge in [0, 0.05) is 12.5 Å². The molecule has 120 valence electrons. The van der Waals surface area contributed by atoms with Crippen LogP contribution in [0.2, 0.25) is 0 Å². The Balaban J connectivity index is 2.01. The Labute approximate surface area is 129 Å². The number of esters is 1. The molecule has 1 aliphatic rings. The summed E-state index contributed by atoms with van der Waals surface area (Å²) in [5.74, 6) is -1.06. The van der Waals surface area contributed by atoms with Gasteiger partial charge in [0.2, 0.25) is 5.91 Å². The van der Waals surface area contributed by atoms with Crippen molar-refractivity contribution in [2.75, 3.05) is 7.11 Å². The Kier molecular flexibility index (Phi) is 5.49. The van der Waals surface area contributed by atoms with E-state index in [4.69, 9.17) is 4.74 Å². The number of methoxy groups -OCH3 is 1. The van der Waals surface area contributed by atoms with Gasteiger partial charge in [0.1, 0.15) is 11.9 Å². The van der Waals surface area contributed by atoms with Gasteiger partial charge in [-0.2, -0.15) is 0 Å². The van der Waals surface area contributed by atoms with Crippen LogP contribution >= 0.6 is 0 Å². The smallest absolute Gasteiger partial charge is 0.328 e. The van der Waals surface area contributed by atoms with Crippen LogP contribution in [-0.4, -0.2) is 37.1 Å². The van der Waals surface area contributed by atoms with Crippen LogP contribution in [-0.2, 0) is 20.7 Å². The standard InChI is InChI=1S/C16H21FN2O3/c1-10-3-8-13(18-10)15(20)19-14(16(21)22-2)9-11-4-6-12(17)7-5-11/h4-7,10,13-14,18H,3,8-9H2,1-2H3,(H,19,20)/t10?,13-,14-/m0/s1. The minimum Gasteiger partial charge on any atom is -0.467 e. The maximum Gasteiger partial charge on any atom is 0.328 e. The fraction of sp³-hybridized carbons (Fsp3) is 0.500. The zero-order chi connectivity index (χ0) is 16.1. The van der Waals surface area contributed by atoms with Crippen molar-refractivity contribution in [3.8, 4) is 0 Å². The maximum absolute atomic E-state index is 12.9. The molecule has 0 saturated carbocycles. The van der Waals surface area contributed by atoms with Crippen molar-refractivity contribution < 1.29 is 18.7 Å². The molecule has 1 fully saturated rings. The van der Waals surface area contributed by atoms with Gasteiger partial charge in [0.15, 0.2) is 0 Å². The highest BCUT2D eigenvalue weighted by Gasteiger charge is 2.30. The lowest BCUT2D eigenvalue weighted by atomic mass is 10.1. The first-order valence-electron chi connectivity index (χ1n) is 7.38. The Morgan fingerprint density at radius 2 is 2.05 bits per heavy atom. The van der Waals surface area contributed by atoms with Crippen LogP contribution in [0.5, 0.6) is 0 Å². The van der Waals surface area contributed by atoms with Crippen molar-refractivity contribution in [2.24, 2.45) is 0 Å². The minimum atomic E-state index is -0.777. The van der Waals surface area contributed by atoms with Crippen molar-refractivity contribution in [1.82, 2.24) is 10.6 Å². The average Bonchev–Trinajstić information content (AvgIpc) is 2.94. The summed E-state index contributed by atoms with van der Waals surface area (Å²) in [7, 11) is 1.28. The van der Waals surface area contributed by atoms with E-state index in [9.17, 15) is 14.0 Å². The normalized spacial score (nSPS) is 22.1. The number of ether oxygens (including phenoxy) is 1. The molecular formula is C16H21FN2O3. The fourth-order valence-corrected chi connectivity index (χ4v) is 2.60. The molecule has 1 saturated heterocycles. The first-order valence-corrected chi connectivity index (χ1v) is 7.38. The van der Waals surface area contributed by atoms with E-state index in [1.54, 1.807) is 12.1 Å². The van der Waals surface area contributed by atoms with E-state index in [0.717, 1.165) is 18.4 Å². The molecule has 0 bridgehead atoms. The number of benzene rings is 1. The zero-order valence-corrected chi connectivity index (χ0v) is 12.8. The van der Waals surface area contributed by atoms with Crippen molar-refractivity contribution in [3.05, 3.63) is 35.6 Å². The number of amides is 1. The van der Waals surface area contributed by atoms with Gasteiger partial charge in [-0.05, 0) is 37.5 Å². The third kappa shape index (κ3) is 4.27. The number of halogens is 1. The number of rotatable bonds is 5. The summed E-state index contributed by atoms with van der Waals surface area (Å²) in [5, 5.41) is 5.90. The predicted molar refractivity (Wildman–Crippen MR) is 79.7 cm³/mol. The third-order valence-electron chi connectivity index (χ3n) is 3.85. The molecule has 6 heteroatoms. The second-order valence-corrected chi connectivity index (χ2v) is 5.61. The molecule has 1 amide bonds. The number of hydrogen-bond donors (Lipinski definition) is 2. The first kappa shape index (κ1) is 16.4. The van der Waals surface area contributed by atoms with Gasteiger partial charge in [-0.1, -0.05) is 12.1 Å². The third-order valence-corrected chi connectivity index (χ3v) is 3.85. The van der Waals surface area contributed by atoms with Crippen molar-refractivity contribution in [2.45, 2.75) is 44.3 Å². The Morgan fingerprint density at radius 1 is 1.36 bits per heavy atom. The van der Waals surface area contributed by atoms with Crippen LogP contribution in [0.4, 0.5) is 4.39 Å². The summed E-state index contributed by atoms with van der Waals surface area (Å²) in [6.07, 6.45) is 1.94. The van der Waals surface area contributed by atoms with E-state index < -0.39 is 12.0 Å². The lowest BCUT2D eigenvalue weighted by Crippen LogP contribution is -2.50. The van der Waals surface area contributed by atoms with E-state index in [1.807, 2.05) is 6.92 Å². The maximum atomic E-state index is 12.9. The topological polar surface area (TPSA) is 67.4 Å². The Hall–Kier alpha value is -1.95. The van der Waals surface area contributed by atoms with Crippen molar-refractivity contribution >= 4 is 11.9 Å². The van der Waals surface area contributed by atoms with Crippen LogP contribution in [0.15, 0.2) is 24.3 Å². The lowest BCUT2D eigenvalue weighted by Gasteiger charge is -2.19. The SMILES string of the molecule is COC(=O)[C@H](Cc1ccc(F)cc1)NC(=O)[C@@H]1CCC(C)N1. The Bertz CT molecular complexity index is 533. The summed E-state index contributed by atoms with van der Waals surface area (Å²) in [6, 6.07) is 5.07. The van der Waals surface area contributed by atoms with E-state index >= 15 is 0 Å². The predicted octanol–water partition coefficient (Wildman–Crippen LogP) is 1.17. The van der Waals surface area contributed by atoms with Gasteiger partial charge in [0.05, 0.1) is 13.2 Å². The quantitative estimate of drug-likeness (QED) is 0.801. The second-order valence-electron chi connectivity index (χ2n) is 5.61. The molecular weight excluding hydrogens is 287 g/mol. The van der Waals surface area contributed by atoms with Crippen LogP contribution < -0.4 is 10.6 Å². The highest BCUT2D eigenvalue weighted by Crippen LogP contribution is 2.13. The first-order chi connectivity index (χ1) is 10.5. The van der Waals surface area contributed by atoms with E-state index in [-0.39, 0.29) is 24.2 Å². The van der Waals surface area contributed by atoms with Crippen molar-refractivity contribution in [3.63, 3.8) is 0 Å². The van der Waals surface area contributed by atoms with Gasteiger partial charge < -0.3 is 15.4 Å². The van der Waals surface area contributed by atoms with E-state index in [1.165, 1.54) is 19.2 Å². The van der Waals surface area contributed by atoms with Gasteiger partial charge in [-0.15, -0.1) is 0 Å². The molecule has 1 heterocycles. The van der Waals surface area contributed by atoms with Gasteiger partial charge in [-0.25, -0.2) is 9.18 Å². The summed E-state index contributed by atoms with van der Waals surface area (Å²) in [4.78, 5) is 24.1. The van der Waals surface area contributed by atoms with Crippen molar-refractivity contribution in [1.29, 1.82) is 0 Å². The largest absolute Gasteiger partial charge is 0.467 e. The molecule has 1 aromatic carbocycles. The van der Waals surface area contributed by atoms with Crippen LogP contribution in [0.25, 0.3) is 0 Å². The molecule has 0 aromatic heterocycles. The number of hydrogen-bond acceptors (Lipinski definition) is 4. The highest BCUT2D eigenvalue weighted by molar-refractivity contribution is 5.87. The molecule has 0 aliphatic carbocycles. The number of nitrogens with one attached hydrogen (secondary N) is 2. The summed E-state index contributed by atoms with van der Waals surface area (Å²) >= 11 is 0. The number of carbonyl (C=O) groups is 2. The zero-order valence-electron chi connectivity index (χ0n) is 12.8. The lowest BCUT2D eigenvalue weighted by molar-refractivity contribution is -0.145. The van der Waals surface area contributed by atoms with Gasteiger partial charge in [0.25, 0.3) is 0 Å². The molecule has 1 unspecified atom stereocenters. The molecule has 1 aromatic rings. The Morgan fingerprint density at radius 3 is 2.59 bits per heavy atom. The monoisotopic (exact) mass is 308 g/mol. The van der Waals surface area contributed by atoms with Crippen LogP contribution in [0.1, 0.15) is 25.3 Å². The summed E-state index contributed by atoms with van der Waals surface area (Å²) in [6.45, 7) is 2.02. The van der Waals surface area contributed by atoms with Crippen LogP contribution in [0.3, 0.4) is 0 Å². The van der Waals surface area contributed by atoms with E-state index in [2.05, 4.69) is 10.6 Å². The summed E-state index contributed by atoms with van der Waals surface area (Å²) in [5.41, 5.74) is 0.754. The van der Waals surface area contributed by atoms with Crippen LogP contribution in [0, 0.1) is 5.82 Å². The second kappa shape index (κ2) is 7.35. The fourth-order valence-electron chi connectivity index (χ4n) is 2.60. The molecule has 2 N–H and O–H groups in total. The van der Waals surface area contributed by atoms with E-state index in [0.29, 0.717) is 6.04 Å². The molecule has 0 radical (unpaired) electrons. The minimum absolute atomic E-state index is 0.207. The molecule has 22 heavy (non-hydrogen) atoms. The highest BCUT2D eigenvalue weighted by atomic mass is 19.1. The average molecular weight is 308 g/mol.